The molecule has 0 bridgehead atoms. The van der Waals surface area contributed by atoms with E-state index in [0.29, 0.717) is 26.2 Å². The SMILES string of the molecule is O=C([O-])N1CCN(c2ccc(-c3ccc(OC(F)(F)F)cc3)cc2)CC1. The molecule has 138 valence electrons. The minimum absolute atomic E-state index is 0.260. The van der Waals surface area contributed by atoms with E-state index in [4.69, 9.17) is 0 Å². The average Bonchev–Trinajstić information content (AvgIpc) is 2.61. The summed E-state index contributed by atoms with van der Waals surface area (Å²) in [5.74, 6) is -0.260. The molecule has 0 N–H and O–H groups in total. The fraction of sp³-hybridized carbons (Fsp3) is 0.278. The topological polar surface area (TPSA) is 55.8 Å². The van der Waals surface area contributed by atoms with Crippen molar-refractivity contribution in [2.45, 2.75) is 6.36 Å². The highest BCUT2D eigenvalue weighted by Crippen LogP contribution is 2.28. The van der Waals surface area contributed by atoms with Crippen LogP contribution in [0, 0.1) is 0 Å². The molecular formula is C18H16F3N2O3-. The van der Waals surface area contributed by atoms with Gasteiger partial charge in [0.05, 0.1) is 0 Å². The van der Waals surface area contributed by atoms with Gasteiger partial charge in [0.1, 0.15) is 11.8 Å². The van der Waals surface area contributed by atoms with Gasteiger partial charge in [0, 0.05) is 31.9 Å². The summed E-state index contributed by atoms with van der Waals surface area (Å²) in [7, 11) is 0. The predicted molar refractivity (Wildman–Crippen MR) is 87.7 cm³/mol. The van der Waals surface area contributed by atoms with Gasteiger partial charge in [-0.3, -0.25) is 0 Å². The second kappa shape index (κ2) is 7.15. The number of amides is 1. The Bertz CT molecular complexity index is 753. The molecule has 5 nitrogen and oxygen atoms in total. The molecule has 1 aliphatic heterocycles. The molecule has 0 aromatic heterocycles. The standard InChI is InChI=1S/C18H17F3N2O3/c19-18(20,21)26-16-7-3-14(4-8-16)13-1-5-15(6-2-13)22-9-11-23(12-10-22)17(24)25/h1-8H,9-12H2,(H,24,25)/p-1. The smallest absolute Gasteiger partial charge is 0.530 e. The molecule has 0 radical (unpaired) electrons. The number of rotatable bonds is 3. The molecule has 1 saturated heterocycles. The van der Waals surface area contributed by atoms with Crippen LogP contribution in [0.2, 0.25) is 0 Å². The lowest BCUT2D eigenvalue weighted by Gasteiger charge is -2.37. The largest absolute Gasteiger partial charge is 0.573 e. The maximum absolute atomic E-state index is 12.2. The van der Waals surface area contributed by atoms with E-state index in [0.717, 1.165) is 16.8 Å². The Balaban J connectivity index is 1.65. The maximum Gasteiger partial charge on any atom is 0.573 e. The molecule has 1 amide bonds. The van der Waals surface area contributed by atoms with Crippen LogP contribution in [0.25, 0.3) is 11.1 Å². The van der Waals surface area contributed by atoms with Gasteiger partial charge >= 0.3 is 6.36 Å². The third-order valence-electron chi connectivity index (χ3n) is 4.19. The van der Waals surface area contributed by atoms with Crippen molar-refractivity contribution in [2.24, 2.45) is 0 Å². The van der Waals surface area contributed by atoms with Gasteiger partial charge in [-0.05, 0) is 35.4 Å². The van der Waals surface area contributed by atoms with Crippen LogP contribution in [0.3, 0.4) is 0 Å². The Kier molecular flexibility index (Phi) is 4.92. The molecular weight excluding hydrogens is 349 g/mol. The molecule has 3 rings (SSSR count). The number of halogens is 3. The first-order valence-corrected chi connectivity index (χ1v) is 7.99. The van der Waals surface area contributed by atoms with E-state index in [9.17, 15) is 23.1 Å². The zero-order valence-corrected chi connectivity index (χ0v) is 13.7. The lowest BCUT2D eigenvalue weighted by atomic mass is 10.0. The van der Waals surface area contributed by atoms with E-state index >= 15 is 0 Å². The molecule has 0 saturated carbocycles. The number of benzene rings is 2. The third-order valence-corrected chi connectivity index (χ3v) is 4.19. The first-order chi connectivity index (χ1) is 12.3. The molecule has 0 atom stereocenters. The minimum Gasteiger partial charge on any atom is -0.530 e. The highest BCUT2D eigenvalue weighted by molar-refractivity contribution is 5.67. The van der Waals surface area contributed by atoms with Gasteiger partial charge in [0.25, 0.3) is 0 Å². The van der Waals surface area contributed by atoms with Crippen molar-refractivity contribution in [2.75, 3.05) is 31.1 Å². The van der Waals surface area contributed by atoms with Crippen LogP contribution in [-0.4, -0.2) is 43.5 Å². The Labute approximate surface area is 148 Å². The number of piperazine rings is 1. The summed E-state index contributed by atoms with van der Waals surface area (Å²) in [5.41, 5.74) is 2.59. The number of carbonyl (C=O) groups is 1. The quantitative estimate of drug-likeness (QED) is 0.839. The van der Waals surface area contributed by atoms with E-state index in [-0.39, 0.29) is 5.75 Å². The zero-order valence-electron chi connectivity index (χ0n) is 13.7. The highest BCUT2D eigenvalue weighted by Gasteiger charge is 2.30. The maximum atomic E-state index is 12.2. The Morgan fingerprint density at radius 3 is 1.85 bits per heavy atom. The number of alkyl halides is 3. The number of anilines is 1. The van der Waals surface area contributed by atoms with Crippen LogP contribution < -0.4 is 14.7 Å². The van der Waals surface area contributed by atoms with Crippen molar-refractivity contribution in [1.29, 1.82) is 0 Å². The van der Waals surface area contributed by atoms with Gasteiger partial charge < -0.3 is 24.4 Å². The molecule has 26 heavy (non-hydrogen) atoms. The summed E-state index contributed by atoms with van der Waals surface area (Å²) >= 11 is 0. The van der Waals surface area contributed by atoms with E-state index in [1.807, 2.05) is 24.3 Å². The first-order valence-electron chi connectivity index (χ1n) is 7.99. The molecule has 0 aliphatic carbocycles. The Hall–Kier alpha value is -2.90. The molecule has 2 aromatic rings. The normalized spacial score (nSPS) is 15.0. The van der Waals surface area contributed by atoms with Crippen LogP contribution in [0.15, 0.2) is 48.5 Å². The Morgan fingerprint density at radius 2 is 1.38 bits per heavy atom. The van der Waals surface area contributed by atoms with Gasteiger partial charge in [0.2, 0.25) is 0 Å². The zero-order chi connectivity index (χ0) is 18.7. The number of hydrogen-bond donors (Lipinski definition) is 0. The van der Waals surface area contributed by atoms with Gasteiger partial charge in [-0.2, -0.15) is 0 Å². The monoisotopic (exact) mass is 365 g/mol. The van der Waals surface area contributed by atoms with Crippen LogP contribution >= 0.6 is 0 Å². The summed E-state index contributed by atoms with van der Waals surface area (Å²) in [6.45, 7) is 1.95. The van der Waals surface area contributed by atoms with E-state index in [1.54, 1.807) is 12.1 Å². The highest BCUT2D eigenvalue weighted by atomic mass is 19.4. The van der Waals surface area contributed by atoms with Gasteiger partial charge in [-0.1, -0.05) is 24.3 Å². The summed E-state index contributed by atoms with van der Waals surface area (Å²) in [5, 5.41) is 10.8. The van der Waals surface area contributed by atoms with E-state index < -0.39 is 12.5 Å². The number of carbonyl (C=O) groups excluding carboxylic acids is 1. The summed E-state index contributed by atoms with van der Waals surface area (Å²) in [6, 6.07) is 13.2. The predicted octanol–water partition coefficient (Wildman–Crippen LogP) is 2.72. The van der Waals surface area contributed by atoms with Crippen molar-refractivity contribution in [3.63, 3.8) is 0 Å². The summed E-state index contributed by atoms with van der Waals surface area (Å²) in [4.78, 5) is 14.2. The first kappa shape index (κ1) is 17.9. The Morgan fingerprint density at radius 1 is 0.885 bits per heavy atom. The molecule has 1 fully saturated rings. The fourth-order valence-corrected chi connectivity index (χ4v) is 2.86. The molecule has 1 aliphatic rings. The molecule has 2 aromatic carbocycles. The number of carboxylic acid groups (broad SMARTS) is 1. The molecule has 1 heterocycles. The van der Waals surface area contributed by atoms with Gasteiger partial charge in [-0.15, -0.1) is 13.2 Å². The molecule has 8 heteroatoms. The van der Waals surface area contributed by atoms with Crippen molar-refractivity contribution < 1.29 is 27.8 Å². The number of nitrogens with zero attached hydrogens (tertiary/aromatic N) is 2. The third kappa shape index (κ3) is 4.38. The molecule has 0 spiro atoms. The van der Waals surface area contributed by atoms with E-state index in [2.05, 4.69) is 9.64 Å². The fourth-order valence-electron chi connectivity index (χ4n) is 2.86. The van der Waals surface area contributed by atoms with Crippen LogP contribution in [0.4, 0.5) is 23.7 Å². The second-order valence-electron chi connectivity index (χ2n) is 5.86. The van der Waals surface area contributed by atoms with Crippen molar-refractivity contribution in [3.05, 3.63) is 48.5 Å². The number of ether oxygens (including phenoxy) is 1. The lowest BCUT2D eigenvalue weighted by Crippen LogP contribution is -2.52. The van der Waals surface area contributed by atoms with Crippen molar-refractivity contribution in [3.8, 4) is 16.9 Å². The van der Waals surface area contributed by atoms with Gasteiger partial charge in [0.15, 0.2) is 0 Å². The van der Waals surface area contributed by atoms with Crippen LogP contribution in [0.5, 0.6) is 5.75 Å². The number of hydrogen-bond acceptors (Lipinski definition) is 4. The van der Waals surface area contributed by atoms with Crippen molar-refractivity contribution >= 4 is 11.8 Å². The van der Waals surface area contributed by atoms with Gasteiger partial charge in [-0.25, -0.2) is 0 Å². The summed E-state index contributed by atoms with van der Waals surface area (Å²) in [6.07, 6.45) is -5.86. The van der Waals surface area contributed by atoms with Crippen molar-refractivity contribution in [1.82, 2.24) is 4.90 Å². The minimum atomic E-state index is -4.70. The molecule has 0 unspecified atom stereocenters. The van der Waals surface area contributed by atoms with Crippen LogP contribution in [-0.2, 0) is 0 Å². The van der Waals surface area contributed by atoms with E-state index in [1.165, 1.54) is 17.0 Å². The average molecular weight is 365 g/mol. The van der Waals surface area contributed by atoms with Crippen LogP contribution in [0.1, 0.15) is 0 Å². The lowest BCUT2D eigenvalue weighted by molar-refractivity contribution is -0.274. The second-order valence-corrected chi connectivity index (χ2v) is 5.86. The summed E-state index contributed by atoms with van der Waals surface area (Å²) < 4.78 is 40.4.